The first-order chi connectivity index (χ1) is 9.27. The van der Waals surface area contributed by atoms with Crippen molar-refractivity contribution in [1.82, 2.24) is 10.1 Å². The van der Waals surface area contributed by atoms with Crippen molar-refractivity contribution >= 4 is 23.1 Å². The van der Waals surface area contributed by atoms with Crippen LogP contribution in [0.5, 0.6) is 0 Å². The minimum atomic E-state index is -0.261. The van der Waals surface area contributed by atoms with Gasteiger partial charge < -0.3 is 15.6 Å². The summed E-state index contributed by atoms with van der Waals surface area (Å²) >= 11 is 1.27. The van der Waals surface area contributed by atoms with Crippen molar-refractivity contribution in [3.8, 4) is 0 Å². The molecular weight excluding hydrogens is 276 g/mol. The summed E-state index contributed by atoms with van der Waals surface area (Å²) in [6, 6.07) is 1.55. The van der Waals surface area contributed by atoms with Crippen molar-refractivity contribution in [3.63, 3.8) is 0 Å². The van der Waals surface area contributed by atoms with Crippen molar-refractivity contribution in [3.05, 3.63) is 27.9 Å². The first-order valence-corrected chi connectivity index (χ1v) is 7.09. The number of amides is 1. The van der Waals surface area contributed by atoms with Crippen LogP contribution < -0.4 is 11.1 Å². The van der Waals surface area contributed by atoms with E-state index in [1.807, 2.05) is 27.7 Å². The lowest BCUT2D eigenvalue weighted by Gasteiger charge is -2.11. The molecule has 2 aromatic heterocycles. The molecule has 0 fully saturated rings. The first kappa shape index (κ1) is 14.7. The van der Waals surface area contributed by atoms with Crippen LogP contribution in [0.4, 0.5) is 5.82 Å². The maximum atomic E-state index is 12.0. The molecule has 20 heavy (non-hydrogen) atoms. The van der Waals surface area contributed by atoms with Gasteiger partial charge in [-0.2, -0.15) is 0 Å². The fourth-order valence-electron chi connectivity index (χ4n) is 1.47. The Kier molecular flexibility index (Phi) is 3.92. The minimum Gasteiger partial charge on any atom is -0.359 e. The number of carbonyl (C=O) groups is 1. The van der Waals surface area contributed by atoms with Crippen LogP contribution in [-0.2, 0) is 5.41 Å². The van der Waals surface area contributed by atoms with Crippen LogP contribution in [0.25, 0.3) is 0 Å². The standard InChI is InChI=1S/C13H18N4O2S/c1-7(14)12-15-6-8(20-12)11(18)16-10-5-9(19-17-10)13(2,3)4/h5-7H,14H2,1-4H3,(H,16,17,18). The molecule has 2 aromatic rings. The average Bonchev–Trinajstić information content (AvgIpc) is 2.95. The van der Waals surface area contributed by atoms with Gasteiger partial charge in [-0.3, -0.25) is 4.79 Å². The monoisotopic (exact) mass is 294 g/mol. The van der Waals surface area contributed by atoms with E-state index in [9.17, 15) is 4.79 Å². The Balaban J connectivity index is 2.09. The third-order valence-electron chi connectivity index (χ3n) is 2.63. The molecule has 0 aliphatic rings. The van der Waals surface area contributed by atoms with Crippen LogP contribution in [0.1, 0.15) is 54.2 Å². The molecule has 0 radical (unpaired) electrons. The van der Waals surface area contributed by atoms with Crippen molar-refractivity contribution in [1.29, 1.82) is 0 Å². The van der Waals surface area contributed by atoms with Gasteiger partial charge >= 0.3 is 0 Å². The molecule has 0 aliphatic heterocycles. The predicted octanol–water partition coefficient (Wildman–Crippen LogP) is 2.70. The van der Waals surface area contributed by atoms with Gasteiger partial charge in [-0.25, -0.2) is 4.98 Å². The van der Waals surface area contributed by atoms with Gasteiger partial charge in [0.05, 0.1) is 12.2 Å². The van der Waals surface area contributed by atoms with E-state index in [1.54, 1.807) is 6.07 Å². The van der Waals surface area contributed by atoms with E-state index in [0.717, 1.165) is 5.01 Å². The molecule has 1 atom stereocenters. The smallest absolute Gasteiger partial charge is 0.268 e. The van der Waals surface area contributed by atoms with E-state index in [1.165, 1.54) is 17.5 Å². The maximum absolute atomic E-state index is 12.0. The maximum Gasteiger partial charge on any atom is 0.268 e. The molecule has 0 saturated heterocycles. The van der Waals surface area contributed by atoms with Gasteiger partial charge in [-0.1, -0.05) is 25.9 Å². The number of aromatic nitrogens is 2. The van der Waals surface area contributed by atoms with Crippen LogP contribution >= 0.6 is 11.3 Å². The highest BCUT2D eigenvalue weighted by Gasteiger charge is 2.21. The number of anilines is 1. The third-order valence-corrected chi connectivity index (χ3v) is 3.82. The Labute approximate surface area is 121 Å². The first-order valence-electron chi connectivity index (χ1n) is 6.27. The number of hydrogen-bond donors (Lipinski definition) is 2. The van der Waals surface area contributed by atoms with Gasteiger partial charge in [0.2, 0.25) is 0 Å². The van der Waals surface area contributed by atoms with Gasteiger partial charge in [0.25, 0.3) is 5.91 Å². The third kappa shape index (κ3) is 3.23. The molecule has 6 nitrogen and oxygen atoms in total. The zero-order chi connectivity index (χ0) is 14.9. The highest BCUT2D eigenvalue weighted by molar-refractivity contribution is 7.13. The SMILES string of the molecule is CC(N)c1ncc(C(=O)Nc2cc(C(C)(C)C)on2)s1. The Morgan fingerprint density at radius 3 is 2.70 bits per heavy atom. The summed E-state index contributed by atoms with van der Waals surface area (Å²) in [5.41, 5.74) is 5.57. The van der Waals surface area contributed by atoms with Gasteiger partial charge in [0.15, 0.2) is 5.82 Å². The molecule has 0 aromatic carbocycles. The fraction of sp³-hybridized carbons (Fsp3) is 0.462. The van der Waals surface area contributed by atoms with Crippen LogP contribution in [-0.4, -0.2) is 16.0 Å². The van der Waals surface area contributed by atoms with Gasteiger partial charge in [0.1, 0.15) is 15.6 Å². The van der Waals surface area contributed by atoms with Crippen LogP contribution in [0.15, 0.2) is 16.8 Å². The molecule has 0 bridgehead atoms. The lowest BCUT2D eigenvalue weighted by atomic mass is 9.93. The second kappa shape index (κ2) is 5.34. The number of carbonyl (C=O) groups excluding carboxylic acids is 1. The molecule has 108 valence electrons. The van der Waals surface area contributed by atoms with Crippen molar-refractivity contribution in [2.45, 2.75) is 39.2 Å². The molecule has 0 spiro atoms. The van der Waals surface area contributed by atoms with E-state index in [0.29, 0.717) is 16.5 Å². The average molecular weight is 294 g/mol. The van der Waals surface area contributed by atoms with Crippen molar-refractivity contribution in [2.75, 3.05) is 5.32 Å². The molecule has 0 aliphatic carbocycles. The van der Waals surface area contributed by atoms with E-state index >= 15 is 0 Å². The molecule has 0 saturated carbocycles. The summed E-state index contributed by atoms with van der Waals surface area (Å²) < 4.78 is 5.21. The molecule has 3 N–H and O–H groups in total. The van der Waals surface area contributed by atoms with E-state index in [4.69, 9.17) is 10.3 Å². The Morgan fingerprint density at radius 1 is 1.50 bits per heavy atom. The zero-order valence-electron chi connectivity index (χ0n) is 11.9. The van der Waals surface area contributed by atoms with Crippen LogP contribution in [0, 0.1) is 0 Å². The van der Waals surface area contributed by atoms with Crippen molar-refractivity contribution < 1.29 is 9.32 Å². The van der Waals surface area contributed by atoms with Crippen molar-refractivity contribution in [2.24, 2.45) is 5.73 Å². The van der Waals surface area contributed by atoms with E-state index < -0.39 is 0 Å². The number of rotatable bonds is 3. The number of hydrogen-bond acceptors (Lipinski definition) is 6. The summed E-state index contributed by atoms with van der Waals surface area (Å²) in [5.74, 6) is 0.854. The summed E-state index contributed by atoms with van der Waals surface area (Å²) in [6.45, 7) is 7.86. The predicted molar refractivity (Wildman–Crippen MR) is 77.9 cm³/mol. The lowest BCUT2D eigenvalue weighted by Crippen LogP contribution is -2.11. The number of thiazole rings is 1. The van der Waals surface area contributed by atoms with Gasteiger partial charge in [-0.15, -0.1) is 11.3 Å². The Morgan fingerprint density at radius 2 is 2.20 bits per heavy atom. The largest absolute Gasteiger partial charge is 0.359 e. The molecule has 7 heteroatoms. The quantitative estimate of drug-likeness (QED) is 0.907. The fourth-order valence-corrected chi connectivity index (χ4v) is 2.23. The highest BCUT2D eigenvalue weighted by Crippen LogP contribution is 2.25. The normalized spacial score (nSPS) is 13.2. The molecule has 2 rings (SSSR count). The second-order valence-corrected chi connectivity index (χ2v) is 6.69. The van der Waals surface area contributed by atoms with Crippen LogP contribution in [0.3, 0.4) is 0 Å². The molecule has 1 amide bonds. The molecular formula is C13H18N4O2S. The number of nitrogens with zero attached hydrogens (tertiary/aromatic N) is 2. The molecule has 1 unspecified atom stereocenters. The van der Waals surface area contributed by atoms with E-state index in [2.05, 4.69) is 15.5 Å². The summed E-state index contributed by atoms with van der Waals surface area (Å²) in [5, 5.41) is 7.26. The van der Waals surface area contributed by atoms with Gasteiger partial charge in [0, 0.05) is 11.5 Å². The van der Waals surface area contributed by atoms with E-state index in [-0.39, 0.29) is 17.4 Å². The number of nitrogens with one attached hydrogen (secondary N) is 1. The van der Waals surface area contributed by atoms with Crippen LogP contribution in [0.2, 0.25) is 0 Å². The van der Waals surface area contributed by atoms with Gasteiger partial charge in [-0.05, 0) is 6.92 Å². The number of nitrogens with two attached hydrogens (primary N) is 1. The topological polar surface area (TPSA) is 94.0 Å². The Bertz CT molecular complexity index is 610. The summed E-state index contributed by atoms with van der Waals surface area (Å²) in [6.07, 6.45) is 1.52. The highest BCUT2D eigenvalue weighted by atomic mass is 32.1. The Hall–Kier alpha value is -1.73. The molecule has 2 heterocycles. The second-order valence-electron chi connectivity index (χ2n) is 5.63. The summed E-state index contributed by atoms with van der Waals surface area (Å²) in [7, 11) is 0. The lowest BCUT2D eigenvalue weighted by molar-refractivity contribution is 0.102. The zero-order valence-corrected chi connectivity index (χ0v) is 12.7. The minimum absolute atomic E-state index is 0.150. The summed E-state index contributed by atoms with van der Waals surface area (Å²) in [4.78, 5) is 16.7.